The molecule has 4 rings (SSSR count). The minimum absolute atomic E-state index is 0.0682. The first-order valence-corrected chi connectivity index (χ1v) is 13.6. The van der Waals surface area contributed by atoms with Crippen LogP contribution in [0.4, 0.5) is 0 Å². The first kappa shape index (κ1) is 28.4. The average molecular weight is 547 g/mol. The summed E-state index contributed by atoms with van der Waals surface area (Å²) >= 11 is 6.09. The van der Waals surface area contributed by atoms with Crippen molar-refractivity contribution in [2.75, 3.05) is 13.1 Å². The average Bonchev–Trinajstić information content (AvgIpc) is 2.91. The highest BCUT2D eigenvalue weighted by Gasteiger charge is 2.40. The highest BCUT2D eigenvalue weighted by molar-refractivity contribution is 6.30. The lowest BCUT2D eigenvalue weighted by atomic mass is 9.70. The van der Waals surface area contributed by atoms with Crippen LogP contribution in [0.1, 0.15) is 66.3 Å². The van der Waals surface area contributed by atoms with E-state index in [4.69, 9.17) is 16.7 Å². The Morgan fingerprint density at radius 2 is 1.62 bits per heavy atom. The van der Waals surface area contributed by atoms with Gasteiger partial charge in [-0.1, -0.05) is 75.7 Å². The van der Waals surface area contributed by atoms with Gasteiger partial charge >= 0.3 is 5.97 Å². The molecular weight excluding hydrogens is 512 g/mol. The number of piperidine rings is 1. The number of carboxylic acid groups (broad SMARTS) is 1. The van der Waals surface area contributed by atoms with Crippen molar-refractivity contribution < 1.29 is 19.5 Å². The van der Waals surface area contributed by atoms with Gasteiger partial charge in [0.25, 0.3) is 5.91 Å². The third-order valence-electron chi connectivity index (χ3n) is 7.62. The minimum Gasteiger partial charge on any atom is -0.478 e. The molecule has 1 heterocycles. The Morgan fingerprint density at radius 3 is 2.21 bits per heavy atom. The van der Waals surface area contributed by atoms with Gasteiger partial charge in [0.05, 0.1) is 5.56 Å². The van der Waals surface area contributed by atoms with E-state index in [2.05, 4.69) is 31.3 Å². The molecule has 1 saturated heterocycles. The van der Waals surface area contributed by atoms with Crippen LogP contribution in [0.15, 0.2) is 72.8 Å². The van der Waals surface area contributed by atoms with Gasteiger partial charge < -0.3 is 15.3 Å². The van der Waals surface area contributed by atoms with E-state index in [0.29, 0.717) is 29.6 Å². The quantitative estimate of drug-likeness (QED) is 0.354. The third-order valence-corrected chi connectivity index (χ3v) is 7.87. The van der Waals surface area contributed by atoms with Crippen molar-refractivity contribution in [1.82, 2.24) is 10.2 Å². The van der Waals surface area contributed by atoms with E-state index in [1.165, 1.54) is 17.7 Å². The lowest BCUT2D eigenvalue weighted by Crippen LogP contribution is -2.55. The molecule has 2 N–H and O–H groups in total. The Bertz CT molecular complexity index is 1350. The normalized spacial score (nSPS) is 17.5. The fraction of sp³-hybridized carbons (Fsp3) is 0.344. The Kier molecular flexibility index (Phi) is 8.45. The highest BCUT2D eigenvalue weighted by atomic mass is 35.5. The summed E-state index contributed by atoms with van der Waals surface area (Å²) in [5, 5.41) is 12.8. The summed E-state index contributed by atoms with van der Waals surface area (Å²) in [6.45, 7) is 9.46. The number of benzene rings is 3. The lowest BCUT2D eigenvalue weighted by Gasteiger charge is -2.45. The number of aromatic carboxylic acids is 1. The van der Waals surface area contributed by atoms with Crippen LogP contribution in [0.2, 0.25) is 5.02 Å². The molecule has 7 heteroatoms. The van der Waals surface area contributed by atoms with E-state index < -0.39 is 12.0 Å². The largest absolute Gasteiger partial charge is 0.478 e. The predicted molar refractivity (Wildman–Crippen MR) is 154 cm³/mol. The predicted octanol–water partition coefficient (Wildman–Crippen LogP) is 6.50. The number of hydrogen-bond donors (Lipinski definition) is 2. The standard InChI is InChI=1S/C32H35ClN2O4/c1-20(2)28(30(37)35-17-16-27(32(3,4)19-35)22-12-14-26(33)15-13-22)34-29(36)25-7-5-6-24(18-25)21-8-10-23(11-9-21)31(38)39/h5-15,18,20,27-28H,16-17,19H2,1-4H3,(H,34,36)(H,38,39)/t27?,28-/m1/s1. The first-order valence-electron chi connectivity index (χ1n) is 13.2. The molecule has 0 spiro atoms. The second-order valence-electron chi connectivity index (χ2n) is 11.3. The molecule has 0 aromatic heterocycles. The number of likely N-dealkylation sites (tertiary alicyclic amines) is 1. The number of carbonyl (C=O) groups excluding carboxylic acids is 2. The minimum atomic E-state index is -0.989. The van der Waals surface area contributed by atoms with E-state index >= 15 is 0 Å². The van der Waals surface area contributed by atoms with Crippen molar-refractivity contribution in [1.29, 1.82) is 0 Å². The van der Waals surface area contributed by atoms with Crippen LogP contribution >= 0.6 is 11.6 Å². The molecule has 0 bridgehead atoms. The van der Waals surface area contributed by atoms with Gasteiger partial charge in [-0.25, -0.2) is 4.79 Å². The molecule has 0 saturated carbocycles. The fourth-order valence-electron chi connectivity index (χ4n) is 5.44. The van der Waals surface area contributed by atoms with Crippen LogP contribution in [0, 0.1) is 11.3 Å². The van der Waals surface area contributed by atoms with Crippen LogP contribution in [0.5, 0.6) is 0 Å². The number of nitrogens with one attached hydrogen (secondary N) is 1. The smallest absolute Gasteiger partial charge is 0.335 e. The van der Waals surface area contributed by atoms with E-state index in [0.717, 1.165) is 17.5 Å². The molecule has 39 heavy (non-hydrogen) atoms. The van der Waals surface area contributed by atoms with E-state index in [9.17, 15) is 14.4 Å². The number of nitrogens with zero attached hydrogens (tertiary/aromatic N) is 1. The summed E-state index contributed by atoms with van der Waals surface area (Å²) in [5.41, 5.74) is 3.32. The van der Waals surface area contributed by atoms with Crippen molar-refractivity contribution in [3.05, 3.63) is 94.5 Å². The van der Waals surface area contributed by atoms with Crippen molar-refractivity contribution in [3.63, 3.8) is 0 Å². The number of halogens is 1. The summed E-state index contributed by atoms with van der Waals surface area (Å²) in [4.78, 5) is 40.0. The summed E-state index contributed by atoms with van der Waals surface area (Å²) in [6.07, 6.45) is 0.835. The number of carboxylic acids is 1. The molecule has 0 radical (unpaired) electrons. The Hall–Kier alpha value is -3.64. The van der Waals surface area contributed by atoms with E-state index in [1.807, 2.05) is 36.9 Å². The molecule has 204 valence electrons. The molecule has 1 aliphatic rings. The van der Waals surface area contributed by atoms with Crippen LogP contribution in [-0.4, -0.2) is 46.9 Å². The second-order valence-corrected chi connectivity index (χ2v) is 11.7. The molecule has 0 aliphatic carbocycles. The van der Waals surface area contributed by atoms with Gasteiger partial charge in [0.1, 0.15) is 6.04 Å². The van der Waals surface area contributed by atoms with Crippen LogP contribution in [0.25, 0.3) is 11.1 Å². The Balaban J connectivity index is 1.47. The summed E-state index contributed by atoms with van der Waals surface area (Å²) in [6, 6.07) is 20.9. The number of amides is 2. The monoisotopic (exact) mass is 546 g/mol. The molecule has 1 aliphatic heterocycles. The molecule has 1 fully saturated rings. The zero-order valence-electron chi connectivity index (χ0n) is 22.8. The lowest BCUT2D eigenvalue weighted by molar-refractivity contribution is -0.137. The SMILES string of the molecule is CC(C)[C@@H](NC(=O)c1cccc(-c2ccc(C(=O)O)cc2)c1)C(=O)N1CCC(c2ccc(Cl)cc2)C(C)(C)C1. The molecule has 2 amide bonds. The molecule has 3 aromatic rings. The maximum Gasteiger partial charge on any atom is 0.335 e. The molecule has 2 atom stereocenters. The maximum atomic E-state index is 13.7. The van der Waals surface area contributed by atoms with E-state index in [1.54, 1.807) is 30.3 Å². The highest BCUT2D eigenvalue weighted by Crippen LogP contribution is 2.42. The third kappa shape index (κ3) is 6.51. The topological polar surface area (TPSA) is 86.7 Å². The molecule has 1 unspecified atom stereocenters. The van der Waals surface area contributed by atoms with Crippen molar-refractivity contribution in [2.24, 2.45) is 11.3 Å². The number of rotatable bonds is 7. The number of hydrogen-bond acceptors (Lipinski definition) is 3. The Morgan fingerprint density at radius 1 is 0.949 bits per heavy atom. The molecule has 3 aromatic carbocycles. The van der Waals surface area contributed by atoms with Gasteiger partial charge in [-0.2, -0.15) is 0 Å². The van der Waals surface area contributed by atoms with Gasteiger partial charge in [-0.05, 0) is 76.8 Å². The number of carbonyl (C=O) groups is 3. The van der Waals surface area contributed by atoms with Gasteiger partial charge in [-0.15, -0.1) is 0 Å². The summed E-state index contributed by atoms with van der Waals surface area (Å²) < 4.78 is 0. The summed E-state index contributed by atoms with van der Waals surface area (Å²) in [7, 11) is 0. The van der Waals surface area contributed by atoms with Crippen molar-refractivity contribution in [3.8, 4) is 11.1 Å². The van der Waals surface area contributed by atoms with E-state index in [-0.39, 0.29) is 28.7 Å². The van der Waals surface area contributed by atoms with Gasteiger partial charge in [0.2, 0.25) is 5.91 Å². The van der Waals surface area contributed by atoms with Crippen molar-refractivity contribution >= 4 is 29.4 Å². The first-order chi connectivity index (χ1) is 18.5. The van der Waals surface area contributed by atoms with Crippen LogP contribution < -0.4 is 5.32 Å². The molecule has 6 nitrogen and oxygen atoms in total. The van der Waals surface area contributed by atoms with Crippen LogP contribution in [0.3, 0.4) is 0 Å². The zero-order chi connectivity index (χ0) is 28.3. The summed E-state index contributed by atoms with van der Waals surface area (Å²) in [5.74, 6) is -1.16. The van der Waals surface area contributed by atoms with Gasteiger partial charge in [-0.3, -0.25) is 9.59 Å². The fourth-order valence-corrected chi connectivity index (χ4v) is 5.56. The Labute approximate surface area is 235 Å². The van der Waals surface area contributed by atoms with Gasteiger partial charge in [0, 0.05) is 23.7 Å². The second kappa shape index (κ2) is 11.6. The maximum absolute atomic E-state index is 13.7. The van der Waals surface area contributed by atoms with Gasteiger partial charge in [0.15, 0.2) is 0 Å². The van der Waals surface area contributed by atoms with Crippen LogP contribution in [-0.2, 0) is 4.79 Å². The molecular formula is C32H35ClN2O4. The van der Waals surface area contributed by atoms with Crippen molar-refractivity contribution in [2.45, 2.75) is 46.1 Å². The zero-order valence-corrected chi connectivity index (χ0v) is 23.5.